The Labute approximate surface area is 191 Å². The van der Waals surface area contributed by atoms with Crippen LogP contribution in [0.15, 0.2) is 18.2 Å². The van der Waals surface area contributed by atoms with E-state index in [4.69, 9.17) is 13.7 Å². The maximum Gasteiger partial charge on any atom is 0.410 e. The number of hydrogen-bond acceptors (Lipinski definition) is 8. The van der Waals surface area contributed by atoms with Gasteiger partial charge in [-0.25, -0.2) is 4.79 Å². The number of ether oxygens (including phenoxy) is 2. The third-order valence-corrected chi connectivity index (χ3v) is 6.48. The molecule has 13 heteroatoms. The van der Waals surface area contributed by atoms with E-state index in [1.54, 1.807) is 11.0 Å². The highest BCUT2D eigenvalue weighted by Crippen LogP contribution is 2.37. The fourth-order valence-corrected chi connectivity index (χ4v) is 4.81. The van der Waals surface area contributed by atoms with Crippen molar-refractivity contribution in [2.75, 3.05) is 55.7 Å². The van der Waals surface area contributed by atoms with Crippen LogP contribution in [0.5, 0.6) is 5.75 Å². The number of hydrogen-bond donors (Lipinski definition) is 0. The highest BCUT2D eigenvalue weighted by Gasteiger charge is 2.37. The van der Waals surface area contributed by atoms with E-state index in [1.165, 1.54) is 0 Å². The standard InChI is InChI=1S/C19H27N3O6S.CHF3/c1-19(2,3)27-18(23)21-8-6-20(7-9-21)15-5-4-14-12-16(15)28-29(24,25)17-13-22(14)10-11-26-17;2-1(3)4/h4-5,12,17H,6-11,13H2,1-3H3;1H. The van der Waals surface area contributed by atoms with Gasteiger partial charge in [0, 0.05) is 44.5 Å². The van der Waals surface area contributed by atoms with Crippen LogP contribution in [0.25, 0.3) is 0 Å². The number of carbonyl (C=O) groups is 1. The summed E-state index contributed by atoms with van der Waals surface area (Å²) in [5, 5.41) is 0. The normalized spacial score (nSPS) is 21.9. The molecule has 2 saturated heterocycles. The molecule has 0 radical (unpaired) electrons. The molecule has 9 nitrogen and oxygen atoms in total. The van der Waals surface area contributed by atoms with Gasteiger partial charge in [0.05, 0.1) is 18.8 Å². The summed E-state index contributed by atoms with van der Waals surface area (Å²) in [5.74, 6) is 0.299. The van der Waals surface area contributed by atoms with E-state index in [9.17, 15) is 26.4 Å². The van der Waals surface area contributed by atoms with Gasteiger partial charge in [0.25, 0.3) is 0 Å². The van der Waals surface area contributed by atoms with Gasteiger partial charge in [-0.3, -0.25) is 0 Å². The number of fused-ring (bicyclic) bond motifs is 5. The molecule has 2 fully saturated rings. The molecule has 3 heterocycles. The number of morpholine rings is 1. The molecular weight excluding hydrogens is 467 g/mol. The van der Waals surface area contributed by atoms with Crippen LogP contribution in [-0.4, -0.2) is 83.0 Å². The molecule has 186 valence electrons. The lowest BCUT2D eigenvalue weighted by molar-refractivity contribution is 0.00813. The van der Waals surface area contributed by atoms with Crippen molar-refractivity contribution >= 4 is 27.6 Å². The molecular formula is C20H28F3N3O6S. The second kappa shape index (κ2) is 9.84. The molecule has 0 aromatic heterocycles. The van der Waals surface area contributed by atoms with Crippen molar-refractivity contribution in [1.29, 1.82) is 0 Å². The second-order valence-corrected chi connectivity index (χ2v) is 10.4. The number of rotatable bonds is 1. The second-order valence-electron chi connectivity index (χ2n) is 8.68. The Hall–Kier alpha value is -2.41. The average molecular weight is 496 g/mol. The molecule has 0 spiro atoms. The molecule has 1 amide bonds. The third-order valence-electron chi connectivity index (χ3n) is 5.14. The van der Waals surface area contributed by atoms with Crippen LogP contribution < -0.4 is 14.0 Å². The zero-order valence-corrected chi connectivity index (χ0v) is 19.5. The predicted octanol–water partition coefficient (Wildman–Crippen LogP) is 2.81. The number of halogens is 3. The van der Waals surface area contributed by atoms with Crippen molar-refractivity contribution in [1.82, 2.24) is 4.90 Å². The highest BCUT2D eigenvalue weighted by atomic mass is 32.2. The van der Waals surface area contributed by atoms with Gasteiger partial charge in [-0.2, -0.15) is 21.6 Å². The molecule has 0 saturated carbocycles. The first-order valence-corrected chi connectivity index (χ1v) is 11.9. The average Bonchev–Trinajstić information content (AvgIpc) is 2.71. The van der Waals surface area contributed by atoms with Crippen molar-refractivity contribution in [3.05, 3.63) is 18.2 Å². The molecule has 3 aliphatic rings. The van der Waals surface area contributed by atoms with Crippen LogP contribution >= 0.6 is 0 Å². The van der Waals surface area contributed by atoms with Crippen LogP contribution in [0.3, 0.4) is 0 Å². The monoisotopic (exact) mass is 495 g/mol. The maximum atomic E-state index is 12.6. The minimum Gasteiger partial charge on any atom is -0.444 e. The SMILES string of the molecule is CC(C)(C)OC(=O)N1CCN(c2ccc3cc2OS(=O)(=O)C2CN3CCO2)CC1.FC(F)F. The van der Waals surface area contributed by atoms with Gasteiger partial charge in [-0.05, 0) is 32.9 Å². The van der Waals surface area contributed by atoms with E-state index in [0.717, 1.165) is 5.69 Å². The molecule has 4 bridgehead atoms. The zero-order valence-electron chi connectivity index (χ0n) is 18.7. The summed E-state index contributed by atoms with van der Waals surface area (Å²) in [6.07, 6.45) is -0.335. The largest absolute Gasteiger partial charge is 0.444 e. The van der Waals surface area contributed by atoms with E-state index in [1.807, 2.05) is 42.7 Å². The van der Waals surface area contributed by atoms with Crippen LogP contribution in [0.2, 0.25) is 0 Å². The van der Waals surface area contributed by atoms with Crippen LogP contribution in [0.4, 0.5) is 29.3 Å². The summed E-state index contributed by atoms with van der Waals surface area (Å²) in [4.78, 5) is 18.0. The van der Waals surface area contributed by atoms with Gasteiger partial charge in [-0.15, -0.1) is 0 Å². The first-order valence-electron chi connectivity index (χ1n) is 10.4. The Kier molecular flexibility index (Phi) is 7.52. The van der Waals surface area contributed by atoms with E-state index < -0.39 is 27.8 Å². The first kappa shape index (κ1) is 25.2. The Morgan fingerprint density at radius 1 is 1.09 bits per heavy atom. The first-order chi connectivity index (χ1) is 15.4. The molecule has 1 aromatic carbocycles. The lowest BCUT2D eigenvalue weighted by Gasteiger charge is -2.39. The molecule has 0 N–H and O–H groups in total. The number of alkyl halides is 3. The van der Waals surface area contributed by atoms with Crippen molar-refractivity contribution in [3.8, 4) is 5.75 Å². The number of carbonyl (C=O) groups excluding carboxylic acids is 1. The van der Waals surface area contributed by atoms with Gasteiger partial charge in [0.1, 0.15) is 5.60 Å². The Balaban J connectivity index is 0.000000709. The molecule has 1 atom stereocenters. The van der Waals surface area contributed by atoms with E-state index in [2.05, 4.69) is 0 Å². The van der Waals surface area contributed by atoms with E-state index in [0.29, 0.717) is 50.8 Å². The third kappa shape index (κ3) is 6.56. The molecule has 33 heavy (non-hydrogen) atoms. The number of piperazine rings is 1. The smallest absolute Gasteiger partial charge is 0.410 e. The summed E-state index contributed by atoms with van der Waals surface area (Å²) in [6, 6.07) is 5.64. The van der Waals surface area contributed by atoms with Crippen LogP contribution in [0.1, 0.15) is 20.8 Å². The Morgan fingerprint density at radius 3 is 2.33 bits per heavy atom. The lowest BCUT2D eigenvalue weighted by atomic mass is 10.2. The van der Waals surface area contributed by atoms with Crippen molar-refractivity contribution in [2.45, 2.75) is 38.5 Å². The van der Waals surface area contributed by atoms with Gasteiger partial charge in [0.2, 0.25) is 5.44 Å². The van der Waals surface area contributed by atoms with Gasteiger partial charge < -0.3 is 28.4 Å². The summed E-state index contributed by atoms with van der Waals surface area (Å²) < 4.78 is 70.6. The van der Waals surface area contributed by atoms with Crippen molar-refractivity contribution < 1.29 is 40.0 Å². The number of benzene rings is 1. The summed E-state index contributed by atoms with van der Waals surface area (Å²) in [6.45, 7) is 5.18. The van der Waals surface area contributed by atoms with Gasteiger partial charge in [-0.1, -0.05) is 0 Å². The zero-order chi connectivity index (χ0) is 24.4. The highest BCUT2D eigenvalue weighted by molar-refractivity contribution is 7.87. The topological polar surface area (TPSA) is 88.6 Å². The molecule has 0 aliphatic carbocycles. The van der Waals surface area contributed by atoms with E-state index >= 15 is 0 Å². The lowest BCUT2D eigenvalue weighted by Crippen LogP contribution is -2.50. The minimum absolute atomic E-state index is 0.260. The minimum atomic E-state index is -3.89. The van der Waals surface area contributed by atoms with Crippen molar-refractivity contribution in [3.63, 3.8) is 0 Å². The molecule has 1 aromatic rings. The van der Waals surface area contributed by atoms with Gasteiger partial charge in [0.15, 0.2) is 5.75 Å². The van der Waals surface area contributed by atoms with Gasteiger partial charge >= 0.3 is 22.9 Å². The predicted molar refractivity (Wildman–Crippen MR) is 115 cm³/mol. The summed E-state index contributed by atoms with van der Waals surface area (Å²) in [7, 11) is -3.89. The fraction of sp³-hybridized carbons (Fsp3) is 0.650. The quantitative estimate of drug-likeness (QED) is 0.550. The molecule has 3 aliphatic heterocycles. The molecule has 1 unspecified atom stereocenters. The summed E-state index contributed by atoms with van der Waals surface area (Å²) in [5.41, 5.74) is 0.0798. The maximum absolute atomic E-state index is 12.6. The van der Waals surface area contributed by atoms with Crippen LogP contribution in [0, 0.1) is 0 Å². The molecule has 4 rings (SSSR count). The van der Waals surface area contributed by atoms with E-state index in [-0.39, 0.29) is 12.6 Å². The fourth-order valence-electron chi connectivity index (χ4n) is 3.69. The Bertz CT molecular complexity index is 946. The van der Waals surface area contributed by atoms with Crippen molar-refractivity contribution in [2.24, 2.45) is 0 Å². The number of nitrogens with zero attached hydrogens (tertiary/aromatic N) is 3. The summed E-state index contributed by atoms with van der Waals surface area (Å²) >= 11 is 0. The Morgan fingerprint density at radius 2 is 1.73 bits per heavy atom. The number of amides is 1. The number of anilines is 2. The van der Waals surface area contributed by atoms with Crippen LogP contribution in [-0.2, 0) is 19.6 Å².